The van der Waals surface area contributed by atoms with Gasteiger partial charge in [-0.25, -0.2) is 0 Å². The molecule has 0 aliphatic carbocycles. The molecule has 0 aromatic heterocycles. The Labute approximate surface area is 76.5 Å². The summed E-state index contributed by atoms with van der Waals surface area (Å²) >= 11 is 0. The first-order valence-corrected chi connectivity index (χ1v) is 4.70. The topological polar surface area (TPSA) is 35.2 Å². The van der Waals surface area contributed by atoms with E-state index >= 15 is 0 Å². The van der Waals surface area contributed by atoms with Crippen molar-refractivity contribution < 1.29 is 4.74 Å². The molecule has 0 amide bonds. The summed E-state index contributed by atoms with van der Waals surface area (Å²) in [7, 11) is 0. The van der Waals surface area contributed by atoms with Gasteiger partial charge in [-0.2, -0.15) is 0 Å². The van der Waals surface area contributed by atoms with E-state index in [0.29, 0.717) is 5.41 Å². The Hall–Kier alpha value is -0.0800. The van der Waals surface area contributed by atoms with Gasteiger partial charge in [0.15, 0.2) is 0 Å². The van der Waals surface area contributed by atoms with E-state index in [1.54, 1.807) is 0 Å². The number of ether oxygens (including phenoxy) is 1. The fourth-order valence-electron chi connectivity index (χ4n) is 0.703. The highest BCUT2D eigenvalue weighted by Crippen LogP contribution is 2.18. The van der Waals surface area contributed by atoms with Crippen molar-refractivity contribution in [3.05, 3.63) is 0 Å². The lowest BCUT2D eigenvalue weighted by molar-refractivity contribution is 0.0370. The zero-order chi connectivity index (χ0) is 9.78. The van der Waals surface area contributed by atoms with Crippen LogP contribution in [0.2, 0.25) is 0 Å². The van der Waals surface area contributed by atoms with Crippen LogP contribution in [0.5, 0.6) is 0 Å². The Morgan fingerprint density at radius 1 is 1.25 bits per heavy atom. The zero-order valence-electron chi connectivity index (χ0n) is 9.05. The molecule has 0 spiro atoms. The first-order chi connectivity index (χ1) is 5.33. The number of rotatable bonds is 4. The van der Waals surface area contributed by atoms with Crippen LogP contribution in [-0.2, 0) is 4.74 Å². The highest BCUT2D eigenvalue weighted by molar-refractivity contribution is 4.64. The molecule has 0 heterocycles. The van der Waals surface area contributed by atoms with Crippen molar-refractivity contribution in [2.45, 2.75) is 53.2 Å². The van der Waals surface area contributed by atoms with E-state index in [0.717, 1.165) is 13.0 Å². The average Bonchev–Trinajstić information content (AvgIpc) is 1.84. The second-order valence-electron chi connectivity index (χ2n) is 4.75. The van der Waals surface area contributed by atoms with Crippen LogP contribution in [0, 0.1) is 5.41 Å². The quantitative estimate of drug-likeness (QED) is 0.707. The Morgan fingerprint density at radius 3 is 2.08 bits per heavy atom. The predicted molar refractivity (Wildman–Crippen MR) is 53.1 cm³/mol. The molecule has 2 N–H and O–H groups in total. The Kier molecular flexibility index (Phi) is 4.80. The van der Waals surface area contributed by atoms with E-state index in [9.17, 15) is 0 Å². The van der Waals surface area contributed by atoms with E-state index < -0.39 is 0 Å². The van der Waals surface area contributed by atoms with Crippen molar-refractivity contribution in [2.75, 3.05) is 6.61 Å². The standard InChI is InChI=1S/C10H23NO/c1-8(11)9(2)12-7-6-10(3,4)5/h8-9H,6-7,11H2,1-5H3/t8-,9?/m0/s1. The van der Waals surface area contributed by atoms with Gasteiger partial charge in [0, 0.05) is 12.6 Å². The van der Waals surface area contributed by atoms with Crippen LogP contribution in [0.15, 0.2) is 0 Å². The second kappa shape index (κ2) is 4.83. The van der Waals surface area contributed by atoms with Gasteiger partial charge in [0.05, 0.1) is 6.10 Å². The number of hydrogen-bond donors (Lipinski definition) is 1. The molecule has 12 heavy (non-hydrogen) atoms. The predicted octanol–water partition coefficient (Wildman–Crippen LogP) is 2.17. The molecule has 0 rings (SSSR count). The molecule has 0 radical (unpaired) electrons. The summed E-state index contributed by atoms with van der Waals surface area (Å²) in [6.07, 6.45) is 1.26. The molecule has 2 nitrogen and oxygen atoms in total. The van der Waals surface area contributed by atoms with E-state index in [-0.39, 0.29) is 12.1 Å². The molecule has 0 saturated carbocycles. The largest absolute Gasteiger partial charge is 0.377 e. The molecule has 0 aromatic rings. The third kappa shape index (κ3) is 6.62. The van der Waals surface area contributed by atoms with Crippen LogP contribution in [0.3, 0.4) is 0 Å². The molecule has 1 unspecified atom stereocenters. The van der Waals surface area contributed by atoms with Gasteiger partial charge in [0.1, 0.15) is 0 Å². The third-order valence-electron chi connectivity index (χ3n) is 1.97. The van der Waals surface area contributed by atoms with E-state index in [4.69, 9.17) is 10.5 Å². The van der Waals surface area contributed by atoms with Gasteiger partial charge in [-0.15, -0.1) is 0 Å². The third-order valence-corrected chi connectivity index (χ3v) is 1.97. The molecular formula is C10H23NO. The molecule has 0 saturated heterocycles. The lowest BCUT2D eigenvalue weighted by atomic mass is 9.93. The Morgan fingerprint density at radius 2 is 1.75 bits per heavy atom. The summed E-state index contributed by atoms with van der Waals surface area (Å²) in [6.45, 7) is 11.5. The lowest BCUT2D eigenvalue weighted by Gasteiger charge is -2.21. The van der Waals surface area contributed by atoms with Crippen LogP contribution >= 0.6 is 0 Å². The maximum atomic E-state index is 5.66. The molecule has 0 aliphatic heterocycles. The van der Waals surface area contributed by atoms with Crippen molar-refractivity contribution in [2.24, 2.45) is 11.1 Å². The first-order valence-electron chi connectivity index (χ1n) is 4.70. The first kappa shape index (κ1) is 11.9. The second-order valence-corrected chi connectivity index (χ2v) is 4.75. The SMILES string of the molecule is CC(OCCC(C)(C)C)[C@H](C)N. The van der Waals surface area contributed by atoms with Crippen molar-refractivity contribution in [3.8, 4) is 0 Å². The molecule has 2 atom stereocenters. The smallest absolute Gasteiger partial charge is 0.0695 e. The maximum Gasteiger partial charge on any atom is 0.0695 e. The number of nitrogens with two attached hydrogens (primary N) is 1. The van der Waals surface area contributed by atoms with Gasteiger partial charge >= 0.3 is 0 Å². The maximum absolute atomic E-state index is 5.66. The van der Waals surface area contributed by atoms with E-state index in [1.807, 2.05) is 13.8 Å². The Bertz CT molecular complexity index is 115. The van der Waals surface area contributed by atoms with E-state index in [2.05, 4.69) is 20.8 Å². The van der Waals surface area contributed by atoms with Crippen LogP contribution in [-0.4, -0.2) is 18.8 Å². The molecular weight excluding hydrogens is 150 g/mol. The fraction of sp³-hybridized carbons (Fsp3) is 1.00. The monoisotopic (exact) mass is 173 g/mol. The minimum absolute atomic E-state index is 0.130. The summed E-state index contributed by atoms with van der Waals surface area (Å²) in [5, 5.41) is 0. The minimum atomic E-state index is 0.130. The molecule has 0 fully saturated rings. The van der Waals surface area contributed by atoms with Crippen molar-refractivity contribution in [3.63, 3.8) is 0 Å². The number of hydrogen-bond acceptors (Lipinski definition) is 2. The van der Waals surface area contributed by atoms with E-state index in [1.165, 1.54) is 0 Å². The summed E-state index contributed by atoms with van der Waals surface area (Å²) in [5.41, 5.74) is 6.02. The molecule has 0 aliphatic rings. The molecule has 74 valence electrons. The van der Waals surface area contributed by atoms with Crippen LogP contribution in [0.4, 0.5) is 0 Å². The van der Waals surface area contributed by atoms with Crippen LogP contribution in [0.25, 0.3) is 0 Å². The minimum Gasteiger partial charge on any atom is -0.377 e. The van der Waals surface area contributed by atoms with Gasteiger partial charge in [-0.05, 0) is 25.7 Å². The molecule has 2 heteroatoms. The Balaban J connectivity index is 3.44. The van der Waals surface area contributed by atoms with Crippen molar-refractivity contribution in [1.82, 2.24) is 0 Å². The van der Waals surface area contributed by atoms with Gasteiger partial charge in [-0.1, -0.05) is 20.8 Å². The fourth-order valence-corrected chi connectivity index (χ4v) is 0.703. The normalized spacial score (nSPS) is 17.5. The average molecular weight is 173 g/mol. The van der Waals surface area contributed by atoms with Gasteiger partial charge < -0.3 is 10.5 Å². The van der Waals surface area contributed by atoms with Gasteiger partial charge in [-0.3, -0.25) is 0 Å². The summed E-state index contributed by atoms with van der Waals surface area (Å²) in [6, 6.07) is 0.130. The van der Waals surface area contributed by atoms with Crippen LogP contribution < -0.4 is 5.73 Å². The molecule has 0 aromatic carbocycles. The lowest BCUT2D eigenvalue weighted by Crippen LogP contribution is -2.32. The summed E-state index contributed by atoms with van der Waals surface area (Å²) < 4.78 is 5.55. The highest BCUT2D eigenvalue weighted by Gasteiger charge is 2.12. The summed E-state index contributed by atoms with van der Waals surface area (Å²) in [4.78, 5) is 0. The summed E-state index contributed by atoms with van der Waals surface area (Å²) in [5.74, 6) is 0. The molecule has 0 bridgehead atoms. The highest BCUT2D eigenvalue weighted by atomic mass is 16.5. The van der Waals surface area contributed by atoms with Crippen molar-refractivity contribution >= 4 is 0 Å². The zero-order valence-corrected chi connectivity index (χ0v) is 9.05. The van der Waals surface area contributed by atoms with Gasteiger partial charge in [0.2, 0.25) is 0 Å². The van der Waals surface area contributed by atoms with Crippen LogP contribution in [0.1, 0.15) is 41.0 Å². The van der Waals surface area contributed by atoms with Crippen molar-refractivity contribution in [1.29, 1.82) is 0 Å². The van der Waals surface area contributed by atoms with Gasteiger partial charge in [0.25, 0.3) is 0 Å².